The second kappa shape index (κ2) is 8.65. The summed E-state index contributed by atoms with van der Waals surface area (Å²) in [5, 5.41) is 0.583. The van der Waals surface area contributed by atoms with Gasteiger partial charge in [0.1, 0.15) is 5.75 Å². The zero-order valence-corrected chi connectivity index (χ0v) is 17.7. The van der Waals surface area contributed by atoms with E-state index in [2.05, 4.69) is 20.9 Å². The number of hydrogen-bond acceptors (Lipinski definition) is 5. The molecule has 30 heavy (non-hydrogen) atoms. The predicted molar refractivity (Wildman–Crippen MR) is 118 cm³/mol. The van der Waals surface area contributed by atoms with Crippen molar-refractivity contribution in [1.29, 1.82) is 0 Å². The number of ether oxygens (including phenoxy) is 2. The first-order chi connectivity index (χ1) is 14.5. The van der Waals surface area contributed by atoms with Crippen molar-refractivity contribution < 1.29 is 19.1 Å². The van der Waals surface area contributed by atoms with Crippen molar-refractivity contribution in [2.24, 2.45) is 4.99 Å². The lowest BCUT2D eigenvalue weighted by molar-refractivity contribution is -0.129. The maximum atomic E-state index is 12.3. The van der Waals surface area contributed by atoms with Crippen molar-refractivity contribution in [3.63, 3.8) is 0 Å². The van der Waals surface area contributed by atoms with Crippen LogP contribution in [-0.2, 0) is 9.53 Å². The van der Waals surface area contributed by atoms with Crippen LogP contribution in [0.4, 0.5) is 0 Å². The molecule has 0 unspecified atom stereocenters. The molecule has 7 heteroatoms. The van der Waals surface area contributed by atoms with Crippen molar-refractivity contribution in [1.82, 2.24) is 0 Å². The van der Waals surface area contributed by atoms with Gasteiger partial charge in [0.15, 0.2) is 5.70 Å². The molecule has 5 nitrogen and oxygen atoms in total. The molecule has 0 aliphatic carbocycles. The fraction of sp³-hybridized carbons (Fsp3) is 0. The molecular formula is C23H13BrClNO4. The van der Waals surface area contributed by atoms with Crippen molar-refractivity contribution in [2.75, 3.05) is 0 Å². The summed E-state index contributed by atoms with van der Waals surface area (Å²) < 4.78 is 11.3. The highest BCUT2D eigenvalue weighted by molar-refractivity contribution is 9.10. The van der Waals surface area contributed by atoms with Gasteiger partial charge in [0.05, 0.1) is 5.56 Å². The van der Waals surface area contributed by atoms with Gasteiger partial charge in [0.25, 0.3) is 0 Å². The maximum absolute atomic E-state index is 12.3. The van der Waals surface area contributed by atoms with E-state index in [1.807, 2.05) is 6.07 Å². The number of rotatable bonds is 4. The first-order valence-electron chi connectivity index (χ1n) is 8.85. The standard InChI is InChI=1S/C23H13BrClNO4/c24-19-4-2-1-3-18(19)22(27)29-17-11-5-14(6-12-17)13-20-23(28)30-21(26-20)15-7-9-16(25)10-8-15/h1-13H/b20-13-. The number of benzene rings is 3. The third-order valence-electron chi connectivity index (χ3n) is 4.20. The SMILES string of the molecule is O=C1OC(c2ccc(Cl)cc2)=N/C1=C\c1ccc(OC(=O)c2ccccc2Br)cc1. The monoisotopic (exact) mass is 481 g/mol. The summed E-state index contributed by atoms with van der Waals surface area (Å²) in [6.07, 6.45) is 1.60. The molecule has 4 rings (SSSR count). The first-order valence-corrected chi connectivity index (χ1v) is 10.0. The molecule has 0 N–H and O–H groups in total. The van der Waals surface area contributed by atoms with Gasteiger partial charge in [-0.15, -0.1) is 0 Å². The van der Waals surface area contributed by atoms with Crippen LogP contribution in [0.15, 0.2) is 88.0 Å². The van der Waals surface area contributed by atoms with Gasteiger partial charge in [-0.2, -0.15) is 0 Å². The van der Waals surface area contributed by atoms with Crippen molar-refractivity contribution in [3.05, 3.63) is 105 Å². The van der Waals surface area contributed by atoms with Crippen LogP contribution in [0.1, 0.15) is 21.5 Å². The Labute approximate surface area is 185 Å². The van der Waals surface area contributed by atoms with E-state index in [0.717, 1.165) is 0 Å². The first kappa shape index (κ1) is 20.1. The Morgan fingerprint density at radius 3 is 2.40 bits per heavy atom. The minimum atomic E-state index is -0.538. The Hall–Kier alpha value is -3.22. The molecule has 0 atom stereocenters. The Bertz CT molecular complexity index is 1180. The largest absolute Gasteiger partial charge is 0.423 e. The molecule has 1 aliphatic heterocycles. The molecule has 0 bridgehead atoms. The van der Waals surface area contributed by atoms with Gasteiger partial charge in [-0.05, 0) is 76.1 Å². The van der Waals surface area contributed by atoms with Gasteiger partial charge in [0, 0.05) is 15.1 Å². The molecule has 0 saturated heterocycles. The molecule has 3 aromatic carbocycles. The van der Waals surface area contributed by atoms with Crippen LogP contribution in [0, 0.1) is 0 Å². The summed E-state index contributed by atoms with van der Waals surface area (Å²) in [5.41, 5.74) is 1.98. The summed E-state index contributed by atoms with van der Waals surface area (Å²) in [4.78, 5) is 28.7. The summed E-state index contributed by atoms with van der Waals surface area (Å²) in [6, 6.07) is 20.6. The van der Waals surface area contributed by atoms with E-state index < -0.39 is 11.9 Å². The molecule has 0 fully saturated rings. The molecule has 3 aromatic rings. The Kier molecular flexibility index (Phi) is 5.79. The summed E-state index contributed by atoms with van der Waals surface area (Å²) >= 11 is 9.21. The zero-order chi connectivity index (χ0) is 21.1. The number of halogens is 2. The molecule has 0 amide bonds. The lowest BCUT2D eigenvalue weighted by Gasteiger charge is -2.06. The van der Waals surface area contributed by atoms with E-state index in [4.69, 9.17) is 21.1 Å². The molecule has 0 spiro atoms. The van der Waals surface area contributed by atoms with E-state index >= 15 is 0 Å². The maximum Gasteiger partial charge on any atom is 0.363 e. The van der Waals surface area contributed by atoms with Crippen LogP contribution in [0.3, 0.4) is 0 Å². The molecule has 148 valence electrons. The van der Waals surface area contributed by atoms with Gasteiger partial charge in [-0.3, -0.25) is 0 Å². The van der Waals surface area contributed by atoms with E-state index in [1.165, 1.54) is 0 Å². The van der Waals surface area contributed by atoms with Crippen LogP contribution < -0.4 is 4.74 Å². The fourth-order valence-electron chi connectivity index (χ4n) is 2.70. The van der Waals surface area contributed by atoms with E-state index in [1.54, 1.807) is 72.8 Å². The number of nitrogens with zero attached hydrogens (tertiary/aromatic N) is 1. The fourth-order valence-corrected chi connectivity index (χ4v) is 3.28. The van der Waals surface area contributed by atoms with Crippen LogP contribution >= 0.6 is 27.5 Å². The van der Waals surface area contributed by atoms with Crippen molar-refractivity contribution in [2.45, 2.75) is 0 Å². The van der Waals surface area contributed by atoms with E-state index in [0.29, 0.717) is 31.9 Å². The van der Waals surface area contributed by atoms with Crippen LogP contribution in [0.25, 0.3) is 6.08 Å². The smallest absolute Gasteiger partial charge is 0.363 e. The average molecular weight is 483 g/mol. The second-order valence-electron chi connectivity index (χ2n) is 6.28. The normalized spacial score (nSPS) is 14.4. The highest BCUT2D eigenvalue weighted by Crippen LogP contribution is 2.23. The van der Waals surface area contributed by atoms with Gasteiger partial charge < -0.3 is 9.47 Å². The number of cyclic esters (lactones) is 1. The van der Waals surface area contributed by atoms with Crippen molar-refractivity contribution >= 4 is 51.4 Å². The summed E-state index contributed by atoms with van der Waals surface area (Å²) in [5.74, 6) is -0.395. The Morgan fingerprint density at radius 2 is 1.70 bits per heavy atom. The summed E-state index contributed by atoms with van der Waals surface area (Å²) in [6.45, 7) is 0. The highest BCUT2D eigenvalue weighted by Gasteiger charge is 2.24. The van der Waals surface area contributed by atoms with Gasteiger partial charge in [0.2, 0.25) is 5.90 Å². The third-order valence-corrected chi connectivity index (χ3v) is 5.14. The van der Waals surface area contributed by atoms with E-state index in [-0.39, 0.29) is 11.6 Å². The topological polar surface area (TPSA) is 65.0 Å². The quantitative estimate of drug-likeness (QED) is 0.273. The molecule has 1 heterocycles. The van der Waals surface area contributed by atoms with E-state index in [9.17, 15) is 9.59 Å². The van der Waals surface area contributed by atoms with Gasteiger partial charge in [-0.1, -0.05) is 35.9 Å². The van der Waals surface area contributed by atoms with Crippen LogP contribution in [0.2, 0.25) is 5.02 Å². The molecule has 0 radical (unpaired) electrons. The number of carbonyl (C=O) groups excluding carboxylic acids is 2. The van der Waals surface area contributed by atoms with Crippen LogP contribution in [0.5, 0.6) is 5.75 Å². The predicted octanol–water partition coefficient (Wildman–Crippen LogP) is 5.67. The highest BCUT2D eigenvalue weighted by atomic mass is 79.9. The summed E-state index contributed by atoms with van der Waals surface area (Å²) in [7, 11) is 0. The lowest BCUT2D eigenvalue weighted by atomic mass is 10.2. The minimum absolute atomic E-state index is 0.179. The molecule has 0 saturated carbocycles. The number of hydrogen-bond donors (Lipinski definition) is 0. The third kappa shape index (κ3) is 4.50. The van der Waals surface area contributed by atoms with Gasteiger partial charge >= 0.3 is 11.9 Å². The zero-order valence-electron chi connectivity index (χ0n) is 15.3. The van der Waals surface area contributed by atoms with Gasteiger partial charge in [-0.25, -0.2) is 14.6 Å². The average Bonchev–Trinajstić information content (AvgIpc) is 3.10. The molecular weight excluding hydrogens is 470 g/mol. The second-order valence-corrected chi connectivity index (χ2v) is 7.57. The Balaban J connectivity index is 1.49. The molecule has 1 aliphatic rings. The molecule has 0 aromatic heterocycles. The lowest BCUT2D eigenvalue weighted by Crippen LogP contribution is -2.09. The van der Waals surface area contributed by atoms with Crippen molar-refractivity contribution in [3.8, 4) is 5.75 Å². The number of esters is 2. The number of carbonyl (C=O) groups is 2. The van der Waals surface area contributed by atoms with Crippen LogP contribution in [-0.4, -0.2) is 17.8 Å². The minimum Gasteiger partial charge on any atom is -0.423 e. The number of aliphatic imine (C=N–C) groups is 1. The Morgan fingerprint density at radius 1 is 1.00 bits per heavy atom.